The molecule has 1 amide bonds. The van der Waals surface area contributed by atoms with Crippen molar-refractivity contribution in [1.29, 1.82) is 0 Å². The number of aromatic hydroxyl groups is 1. The maximum atomic E-state index is 13.4. The second-order valence-electron chi connectivity index (χ2n) is 10.2. The van der Waals surface area contributed by atoms with Crippen molar-refractivity contribution in [2.75, 3.05) is 13.2 Å². The molecule has 0 spiro atoms. The van der Waals surface area contributed by atoms with E-state index < -0.39 is 0 Å². The van der Waals surface area contributed by atoms with Crippen LogP contribution in [0.5, 0.6) is 5.75 Å². The molecule has 2 saturated carbocycles. The zero-order chi connectivity index (χ0) is 20.9. The van der Waals surface area contributed by atoms with Crippen molar-refractivity contribution < 1.29 is 19.4 Å². The summed E-state index contributed by atoms with van der Waals surface area (Å²) in [7, 11) is 0. The van der Waals surface area contributed by atoms with Gasteiger partial charge in [-0.3, -0.25) is 9.59 Å². The molecule has 30 heavy (non-hydrogen) atoms. The molecule has 1 aliphatic heterocycles. The standard InChI is InChI=1S/C25H33NO4/c1-25-9-8-20-19-7-5-17(27)11-15(19)4-6-21(20)22(25)12-16(24(25)29)13-23(28)26-14-18-3-2-10-30-18/h5,7,11,16,18,20-22,27H,2-4,6,8-10,12-14H2,1H3,(H,26,28)/t16?,18?,20?,21?,22?,25-/m0/s1. The number of nitrogens with one attached hydrogen (secondary N) is 1. The molecule has 5 unspecified atom stereocenters. The van der Waals surface area contributed by atoms with Gasteiger partial charge in [-0.1, -0.05) is 13.0 Å². The van der Waals surface area contributed by atoms with Gasteiger partial charge in [0.15, 0.2) is 0 Å². The van der Waals surface area contributed by atoms with Gasteiger partial charge < -0.3 is 15.2 Å². The number of rotatable bonds is 4. The summed E-state index contributed by atoms with van der Waals surface area (Å²) >= 11 is 0. The molecule has 2 N–H and O–H groups in total. The van der Waals surface area contributed by atoms with E-state index in [1.165, 1.54) is 11.1 Å². The van der Waals surface area contributed by atoms with Crippen LogP contribution < -0.4 is 5.32 Å². The molecule has 5 rings (SSSR count). The first kappa shape index (κ1) is 20.0. The molecule has 5 heteroatoms. The lowest BCUT2D eigenvalue weighted by atomic mass is 9.55. The van der Waals surface area contributed by atoms with Crippen LogP contribution in [-0.4, -0.2) is 36.1 Å². The number of ketones is 1. The Balaban J connectivity index is 1.28. The maximum absolute atomic E-state index is 13.4. The monoisotopic (exact) mass is 411 g/mol. The fraction of sp³-hybridized carbons (Fsp3) is 0.680. The van der Waals surface area contributed by atoms with Gasteiger partial charge >= 0.3 is 0 Å². The zero-order valence-corrected chi connectivity index (χ0v) is 17.9. The average Bonchev–Trinajstić information content (AvgIpc) is 3.34. The molecule has 3 fully saturated rings. The van der Waals surface area contributed by atoms with Crippen LogP contribution in [-0.2, 0) is 20.7 Å². The number of fused-ring (bicyclic) bond motifs is 5. The molecule has 1 heterocycles. The number of carbonyl (C=O) groups is 2. The molecule has 5 nitrogen and oxygen atoms in total. The van der Waals surface area contributed by atoms with Crippen molar-refractivity contribution in [2.24, 2.45) is 23.2 Å². The Morgan fingerprint density at radius 3 is 2.97 bits per heavy atom. The molecule has 0 aromatic heterocycles. The molecule has 1 aromatic carbocycles. The quantitative estimate of drug-likeness (QED) is 0.792. The highest BCUT2D eigenvalue weighted by atomic mass is 16.5. The van der Waals surface area contributed by atoms with Gasteiger partial charge in [0.2, 0.25) is 5.91 Å². The Labute approximate surface area is 178 Å². The van der Waals surface area contributed by atoms with Crippen LogP contribution in [0.1, 0.15) is 68.9 Å². The minimum Gasteiger partial charge on any atom is -0.508 e. The Bertz CT molecular complexity index is 846. The Morgan fingerprint density at radius 2 is 2.17 bits per heavy atom. The second kappa shape index (κ2) is 7.67. The minimum absolute atomic E-state index is 0.00730. The zero-order valence-electron chi connectivity index (χ0n) is 17.9. The summed E-state index contributed by atoms with van der Waals surface area (Å²) < 4.78 is 5.59. The van der Waals surface area contributed by atoms with E-state index in [0.717, 1.165) is 51.6 Å². The largest absolute Gasteiger partial charge is 0.508 e. The third-order valence-corrected chi connectivity index (χ3v) is 8.55. The lowest BCUT2D eigenvalue weighted by Crippen LogP contribution is -2.42. The molecular weight excluding hydrogens is 378 g/mol. The van der Waals surface area contributed by atoms with Crippen LogP contribution in [0.4, 0.5) is 0 Å². The molecule has 162 valence electrons. The Kier molecular flexibility index (Phi) is 5.12. The number of benzene rings is 1. The van der Waals surface area contributed by atoms with E-state index in [1.807, 2.05) is 6.07 Å². The normalized spacial score (nSPS) is 37.4. The first-order chi connectivity index (χ1) is 14.5. The van der Waals surface area contributed by atoms with Gasteiger partial charge in [0.05, 0.1) is 6.10 Å². The highest BCUT2D eigenvalue weighted by molar-refractivity contribution is 5.93. The number of hydrogen-bond acceptors (Lipinski definition) is 4. The fourth-order valence-corrected chi connectivity index (χ4v) is 7.01. The lowest BCUT2D eigenvalue weighted by molar-refractivity contribution is -0.134. The van der Waals surface area contributed by atoms with Gasteiger partial charge in [0.25, 0.3) is 0 Å². The summed E-state index contributed by atoms with van der Waals surface area (Å²) in [4.78, 5) is 25.9. The van der Waals surface area contributed by atoms with Gasteiger partial charge in [0.1, 0.15) is 11.5 Å². The first-order valence-electron chi connectivity index (χ1n) is 11.7. The van der Waals surface area contributed by atoms with Crippen molar-refractivity contribution in [2.45, 2.75) is 70.3 Å². The van der Waals surface area contributed by atoms with Crippen molar-refractivity contribution in [1.82, 2.24) is 5.32 Å². The summed E-state index contributed by atoms with van der Waals surface area (Å²) in [5.74, 6) is 1.85. The summed E-state index contributed by atoms with van der Waals surface area (Å²) in [6.07, 6.45) is 7.35. The second-order valence-corrected chi connectivity index (χ2v) is 10.2. The number of hydrogen-bond donors (Lipinski definition) is 2. The summed E-state index contributed by atoms with van der Waals surface area (Å²) in [5.41, 5.74) is 2.36. The van der Waals surface area contributed by atoms with Crippen molar-refractivity contribution in [3.05, 3.63) is 29.3 Å². The van der Waals surface area contributed by atoms with Gasteiger partial charge in [-0.05, 0) is 86.0 Å². The minimum atomic E-state index is -0.283. The van der Waals surface area contributed by atoms with Crippen LogP contribution in [0.2, 0.25) is 0 Å². The molecular formula is C25H33NO4. The smallest absolute Gasteiger partial charge is 0.220 e. The summed E-state index contributed by atoms with van der Waals surface area (Å²) in [5, 5.41) is 12.9. The van der Waals surface area contributed by atoms with E-state index in [2.05, 4.69) is 18.3 Å². The van der Waals surface area contributed by atoms with Crippen molar-refractivity contribution in [3.63, 3.8) is 0 Å². The van der Waals surface area contributed by atoms with Crippen LogP contribution in [0.15, 0.2) is 18.2 Å². The van der Waals surface area contributed by atoms with E-state index in [4.69, 9.17) is 4.74 Å². The number of phenolic OH excluding ortho intramolecular Hbond substituents is 1. The average molecular weight is 412 g/mol. The van der Waals surface area contributed by atoms with Gasteiger partial charge in [-0.2, -0.15) is 0 Å². The molecule has 1 aromatic rings. The number of carbonyl (C=O) groups excluding carboxylic acids is 2. The van der Waals surface area contributed by atoms with Gasteiger partial charge in [0, 0.05) is 30.9 Å². The topological polar surface area (TPSA) is 75.6 Å². The Hall–Kier alpha value is -1.88. The van der Waals surface area contributed by atoms with Crippen LogP contribution in [0, 0.1) is 23.2 Å². The third kappa shape index (κ3) is 3.35. The summed E-state index contributed by atoms with van der Waals surface area (Å²) in [6.45, 7) is 3.51. The van der Waals surface area contributed by atoms with E-state index in [9.17, 15) is 14.7 Å². The van der Waals surface area contributed by atoms with Gasteiger partial charge in [-0.25, -0.2) is 0 Å². The molecule has 0 bridgehead atoms. The maximum Gasteiger partial charge on any atom is 0.220 e. The Morgan fingerprint density at radius 1 is 1.30 bits per heavy atom. The highest BCUT2D eigenvalue weighted by Crippen LogP contribution is 2.61. The predicted octanol–water partition coefficient (Wildman–Crippen LogP) is 3.73. The molecule has 1 saturated heterocycles. The predicted molar refractivity (Wildman–Crippen MR) is 113 cm³/mol. The first-order valence-corrected chi connectivity index (χ1v) is 11.7. The fourth-order valence-electron chi connectivity index (χ4n) is 7.01. The number of ether oxygens (including phenoxy) is 1. The number of aryl methyl sites for hydroxylation is 1. The molecule has 6 atom stereocenters. The van der Waals surface area contributed by atoms with Crippen LogP contribution >= 0.6 is 0 Å². The van der Waals surface area contributed by atoms with Crippen molar-refractivity contribution in [3.8, 4) is 5.75 Å². The number of amides is 1. The van der Waals surface area contributed by atoms with Gasteiger partial charge in [-0.15, -0.1) is 0 Å². The third-order valence-electron chi connectivity index (χ3n) is 8.55. The van der Waals surface area contributed by atoms with Crippen LogP contribution in [0.25, 0.3) is 0 Å². The molecule has 0 radical (unpaired) electrons. The van der Waals surface area contributed by atoms with E-state index in [0.29, 0.717) is 42.3 Å². The summed E-state index contributed by atoms with van der Waals surface area (Å²) in [6, 6.07) is 5.81. The number of phenols is 1. The van der Waals surface area contributed by atoms with Crippen LogP contribution in [0.3, 0.4) is 0 Å². The highest BCUT2D eigenvalue weighted by Gasteiger charge is 2.58. The van der Waals surface area contributed by atoms with Crippen molar-refractivity contribution >= 4 is 11.7 Å². The lowest BCUT2D eigenvalue weighted by Gasteiger charge is -2.48. The molecule has 4 aliphatic rings. The molecule has 3 aliphatic carbocycles. The number of Topliss-reactive ketones (excluding diaryl/α,β-unsaturated/α-hetero) is 1. The van der Waals surface area contributed by atoms with E-state index in [1.54, 1.807) is 6.07 Å². The van der Waals surface area contributed by atoms with E-state index >= 15 is 0 Å². The SMILES string of the molecule is C[C@]12CCC3c4ccc(O)cc4CCC3C1CC(CC(=O)NCC1CCCO1)C2=O. The van der Waals surface area contributed by atoms with E-state index in [-0.39, 0.29) is 23.3 Å².